The summed E-state index contributed by atoms with van der Waals surface area (Å²) < 4.78 is 10.5. The van der Waals surface area contributed by atoms with Crippen LogP contribution in [-0.2, 0) is 0 Å². The third-order valence-corrected chi connectivity index (χ3v) is 3.52. The molecule has 5 nitrogen and oxygen atoms in total. The first-order valence-corrected chi connectivity index (χ1v) is 7.15. The minimum absolute atomic E-state index is 0.184. The lowest BCUT2D eigenvalue weighted by Crippen LogP contribution is -2.25. The van der Waals surface area contributed by atoms with Gasteiger partial charge in [-0.2, -0.15) is 0 Å². The molecule has 2 N–H and O–H groups in total. The fourth-order valence-electron chi connectivity index (χ4n) is 2.30. The summed E-state index contributed by atoms with van der Waals surface area (Å²) in [7, 11) is 0. The largest absolute Gasteiger partial charge is 0.454 e. The minimum atomic E-state index is -0.585. The molecule has 5 heteroatoms. The topological polar surface area (TPSA) is 67.8 Å². The van der Waals surface area contributed by atoms with E-state index >= 15 is 0 Å². The summed E-state index contributed by atoms with van der Waals surface area (Å²) in [6.07, 6.45) is -0.126. The van der Waals surface area contributed by atoms with Gasteiger partial charge < -0.3 is 19.9 Å². The Morgan fingerprint density at radius 2 is 1.91 bits per heavy atom. The van der Waals surface area contributed by atoms with Crippen molar-refractivity contribution in [3.63, 3.8) is 0 Å². The van der Waals surface area contributed by atoms with Crippen LogP contribution in [0.15, 0.2) is 48.5 Å². The third-order valence-electron chi connectivity index (χ3n) is 3.52. The number of aliphatic hydroxyl groups is 1. The van der Waals surface area contributed by atoms with Gasteiger partial charge in [-0.15, -0.1) is 0 Å². The van der Waals surface area contributed by atoms with E-state index in [-0.39, 0.29) is 12.7 Å². The number of hydrogen-bond donors (Lipinski definition) is 2. The Balaban J connectivity index is 1.52. The van der Waals surface area contributed by atoms with Gasteiger partial charge in [0.1, 0.15) is 0 Å². The van der Waals surface area contributed by atoms with Gasteiger partial charge in [-0.05, 0) is 30.2 Å². The first-order valence-electron chi connectivity index (χ1n) is 7.15. The van der Waals surface area contributed by atoms with Crippen LogP contribution in [0.4, 0.5) is 0 Å². The molecule has 2 aromatic rings. The van der Waals surface area contributed by atoms with E-state index in [9.17, 15) is 9.90 Å². The Morgan fingerprint density at radius 1 is 1.14 bits per heavy atom. The standard InChI is InChI=1S/C17H17NO4/c19-14(12-4-2-1-3-5-12)8-9-18-17(20)13-6-7-15-16(10-13)22-11-21-15/h1-7,10,14,19H,8-9,11H2,(H,18,20)/t14-/m1/s1. The monoisotopic (exact) mass is 299 g/mol. The van der Waals surface area contributed by atoms with Gasteiger partial charge in [0.15, 0.2) is 11.5 Å². The molecule has 0 aliphatic carbocycles. The van der Waals surface area contributed by atoms with E-state index in [2.05, 4.69) is 5.32 Å². The van der Waals surface area contributed by atoms with Crippen LogP contribution < -0.4 is 14.8 Å². The highest BCUT2D eigenvalue weighted by molar-refractivity contribution is 5.94. The van der Waals surface area contributed by atoms with E-state index in [0.717, 1.165) is 5.56 Å². The van der Waals surface area contributed by atoms with Crippen molar-refractivity contribution in [3.8, 4) is 11.5 Å². The Hall–Kier alpha value is -2.53. The minimum Gasteiger partial charge on any atom is -0.454 e. The lowest BCUT2D eigenvalue weighted by Gasteiger charge is -2.11. The second-order valence-electron chi connectivity index (χ2n) is 5.04. The van der Waals surface area contributed by atoms with Crippen molar-refractivity contribution in [3.05, 3.63) is 59.7 Å². The van der Waals surface area contributed by atoms with Crippen LogP contribution >= 0.6 is 0 Å². The molecule has 1 amide bonds. The number of carbonyl (C=O) groups excluding carboxylic acids is 1. The predicted molar refractivity (Wildman–Crippen MR) is 80.9 cm³/mol. The lowest BCUT2D eigenvalue weighted by molar-refractivity contribution is 0.0942. The van der Waals surface area contributed by atoms with Crippen LogP contribution in [0.3, 0.4) is 0 Å². The lowest BCUT2D eigenvalue weighted by atomic mass is 10.1. The Labute approximate surface area is 128 Å². The second kappa shape index (κ2) is 6.49. The number of amides is 1. The first-order chi connectivity index (χ1) is 10.7. The van der Waals surface area contributed by atoms with Gasteiger partial charge in [0, 0.05) is 12.1 Å². The fourth-order valence-corrected chi connectivity index (χ4v) is 2.30. The van der Waals surface area contributed by atoms with Crippen molar-refractivity contribution < 1.29 is 19.4 Å². The normalized spacial score (nSPS) is 13.7. The molecule has 0 radical (unpaired) electrons. The van der Waals surface area contributed by atoms with E-state index in [0.29, 0.717) is 30.0 Å². The van der Waals surface area contributed by atoms with Gasteiger partial charge >= 0.3 is 0 Å². The smallest absolute Gasteiger partial charge is 0.251 e. The first kappa shape index (κ1) is 14.4. The van der Waals surface area contributed by atoms with Crippen LogP contribution in [0.2, 0.25) is 0 Å². The number of hydrogen-bond acceptors (Lipinski definition) is 4. The quantitative estimate of drug-likeness (QED) is 0.888. The Kier molecular flexibility index (Phi) is 4.25. The molecule has 0 bridgehead atoms. The third kappa shape index (κ3) is 3.20. The van der Waals surface area contributed by atoms with Gasteiger partial charge in [0.25, 0.3) is 5.91 Å². The molecule has 0 unspecified atom stereocenters. The number of benzene rings is 2. The number of aliphatic hydroxyl groups excluding tert-OH is 1. The Bertz CT molecular complexity index is 657. The average molecular weight is 299 g/mol. The van der Waals surface area contributed by atoms with Crippen LogP contribution in [0.5, 0.6) is 11.5 Å². The van der Waals surface area contributed by atoms with Crippen molar-refractivity contribution in [1.29, 1.82) is 0 Å². The van der Waals surface area contributed by atoms with Crippen molar-refractivity contribution in [2.75, 3.05) is 13.3 Å². The maximum Gasteiger partial charge on any atom is 0.251 e. The van der Waals surface area contributed by atoms with Gasteiger partial charge in [0.05, 0.1) is 6.10 Å². The maximum atomic E-state index is 12.1. The van der Waals surface area contributed by atoms with Crippen LogP contribution in [0.25, 0.3) is 0 Å². The molecular weight excluding hydrogens is 282 g/mol. The highest BCUT2D eigenvalue weighted by Gasteiger charge is 2.16. The summed E-state index contributed by atoms with van der Waals surface area (Å²) in [5, 5.41) is 12.8. The molecule has 3 rings (SSSR count). The van der Waals surface area contributed by atoms with Gasteiger partial charge in [-0.25, -0.2) is 0 Å². The summed E-state index contributed by atoms with van der Waals surface area (Å²) in [5.74, 6) is 1.03. The average Bonchev–Trinajstić information content (AvgIpc) is 3.03. The number of rotatable bonds is 5. The van der Waals surface area contributed by atoms with Crippen LogP contribution in [-0.4, -0.2) is 24.4 Å². The zero-order valence-corrected chi connectivity index (χ0v) is 12.0. The molecule has 1 atom stereocenters. The highest BCUT2D eigenvalue weighted by atomic mass is 16.7. The van der Waals surface area contributed by atoms with Crippen molar-refractivity contribution in [2.24, 2.45) is 0 Å². The molecule has 114 valence electrons. The molecule has 0 saturated carbocycles. The zero-order valence-electron chi connectivity index (χ0n) is 12.0. The number of ether oxygens (including phenoxy) is 2. The van der Waals surface area contributed by atoms with Crippen molar-refractivity contribution in [2.45, 2.75) is 12.5 Å². The van der Waals surface area contributed by atoms with Gasteiger partial charge in [-0.3, -0.25) is 4.79 Å². The summed E-state index contributed by atoms with van der Waals surface area (Å²) in [4.78, 5) is 12.1. The molecule has 0 spiro atoms. The Morgan fingerprint density at radius 3 is 2.73 bits per heavy atom. The molecule has 0 saturated heterocycles. The molecule has 0 aromatic heterocycles. The zero-order chi connectivity index (χ0) is 15.4. The van der Waals surface area contributed by atoms with Crippen molar-refractivity contribution >= 4 is 5.91 Å². The summed E-state index contributed by atoms with van der Waals surface area (Å²) >= 11 is 0. The summed E-state index contributed by atoms with van der Waals surface area (Å²) in [6.45, 7) is 0.576. The van der Waals surface area contributed by atoms with E-state index in [1.807, 2.05) is 30.3 Å². The van der Waals surface area contributed by atoms with Crippen LogP contribution in [0, 0.1) is 0 Å². The number of nitrogens with one attached hydrogen (secondary N) is 1. The maximum absolute atomic E-state index is 12.1. The molecule has 0 fully saturated rings. The summed E-state index contributed by atoms with van der Waals surface area (Å²) in [6, 6.07) is 14.5. The van der Waals surface area contributed by atoms with E-state index in [1.165, 1.54) is 0 Å². The molecular formula is C17H17NO4. The molecule has 22 heavy (non-hydrogen) atoms. The second-order valence-corrected chi connectivity index (χ2v) is 5.04. The molecule has 1 heterocycles. The molecule has 1 aliphatic rings. The van der Waals surface area contributed by atoms with E-state index in [4.69, 9.17) is 9.47 Å². The number of fused-ring (bicyclic) bond motifs is 1. The number of carbonyl (C=O) groups is 1. The molecule has 2 aromatic carbocycles. The highest BCUT2D eigenvalue weighted by Crippen LogP contribution is 2.32. The van der Waals surface area contributed by atoms with Crippen molar-refractivity contribution in [1.82, 2.24) is 5.32 Å². The van der Waals surface area contributed by atoms with E-state index in [1.54, 1.807) is 18.2 Å². The van der Waals surface area contributed by atoms with Crippen LogP contribution in [0.1, 0.15) is 28.4 Å². The van der Waals surface area contributed by atoms with Gasteiger partial charge in [0.2, 0.25) is 6.79 Å². The fraction of sp³-hybridized carbons (Fsp3) is 0.235. The van der Waals surface area contributed by atoms with E-state index < -0.39 is 6.10 Å². The molecule has 1 aliphatic heterocycles. The van der Waals surface area contributed by atoms with Gasteiger partial charge in [-0.1, -0.05) is 30.3 Å². The predicted octanol–water partition coefficient (Wildman–Crippen LogP) is 2.27. The SMILES string of the molecule is O=C(NCC[C@@H](O)c1ccccc1)c1ccc2c(c1)OCO2. The summed E-state index contributed by atoms with van der Waals surface area (Å²) in [5.41, 5.74) is 1.36.